The van der Waals surface area contributed by atoms with Crippen molar-refractivity contribution in [3.05, 3.63) is 217 Å². The van der Waals surface area contributed by atoms with Crippen molar-refractivity contribution in [1.82, 2.24) is 9.97 Å². The number of hydrogen-bond donors (Lipinski definition) is 0. The molecule has 0 amide bonds. The van der Waals surface area contributed by atoms with Gasteiger partial charge in [-0.05, 0) is 89.3 Å². The quantitative estimate of drug-likeness (QED) is 0.169. The molecule has 0 saturated heterocycles. The van der Waals surface area contributed by atoms with Crippen LogP contribution in [0.3, 0.4) is 0 Å². The molecular weight excluding hydrogens is 713 g/mol. The summed E-state index contributed by atoms with van der Waals surface area (Å²) in [5, 5.41) is 4.96. The Balaban J connectivity index is 1.04. The molecule has 59 heavy (non-hydrogen) atoms. The van der Waals surface area contributed by atoms with Crippen LogP contribution in [0.15, 0.2) is 206 Å². The highest BCUT2D eigenvalue weighted by Crippen LogP contribution is 2.52. The summed E-state index contributed by atoms with van der Waals surface area (Å²) >= 11 is 0. The van der Waals surface area contributed by atoms with Crippen LogP contribution in [0.5, 0.6) is 0 Å². The van der Waals surface area contributed by atoms with Crippen molar-refractivity contribution in [1.29, 1.82) is 0 Å². The molecule has 10 aromatic rings. The second kappa shape index (κ2) is 13.9. The second-order valence-corrected chi connectivity index (χ2v) is 16.1. The van der Waals surface area contributed by atoms with Gasteiger partial charge in [-0.3, -0.25) is 0 Å². The summed E-state index contributed by atoms with van der Waals surface area (Å²) in [5.74, 6) is 0.702. The Labute approximate surface area is 345 Å². The molecule has 0 radical (unpaired) electrons. The molecule has 9 aromatic carbocycles. The maximum Gasteiger partial charge on any atom is 0.160 e. The minimum atomic E-state index is -0.119. The fraction of sp³-hybridized carbons (Fsp3) is 0.0526. The van der Waals surface area contributed by atoms with Gasteiger partial charge in [-0.15, -0.1) is 0 Å². The van der Waals surface area contributed by atoms with E-state index in [9.17, 15) is 0 Å². The van der Waals surface area contributed by atoms with Crippen LogP contribution in [0, 0.1) is 0 Å². The third-order valence-corrected chi connectivity index (χ3v) is 12.3. The summed E-state index contributed by atoms with van der Waals surface area (Å²) in [6, 6.07) is 74.3. The highest BCUT2D eigenvalue weighted by Gasteiger charge is 2.36. The van der Waals surface area contributed by atoms with E-state index in [1.54, 1.807) is 0 Å². The van der Waals surface area contributed by atoms with Crippen LogP contribution in [0.2, 0.25) is 0 Å². The van der Waals surface area contributed by atoms with Gasteiger partial charge in [0.1, 0.15) is 0 Å². The molecule has 2 heteroatoms. The number of hydrogen-bond acceptors (Lipinski definition) is 2. The number of benzene rings is 9. The Bertz CT molecular complexity index is 3220. The molecular formula is C57H40N2. The van der Waals surface area contributed by atoms with Crippen molar-refractivity contribution < 1.29 is 0 Å². The van der Waals surface area contributed by atoms with E-state index in [0.717, 1.165) is 44.6 Å². The number of nitrogens with zero attached hydrogens (tertiary/aromatic N) is 2. The molecule has 1 aliphatic carbocycles. The first kappa shape index (κ1) is 34.8. The number of fused-ring (bicyclic) bond motifs is 6. The molecule has 0 fully saturated rings. The van der Waals surface area contributed by atoms with E-state index >= 15 is 0 Å². The number of aromatic nitrogens is 2. The molecule has 0 N–H and O–H groups in total. The summed E-state index contributed by atoms with van der Waals surface area (Å²) in [5.41, 5.74) is 17.4. The van der Waals surface area contributed by atoms with Gasteiger partial charge in [-0.1, -0.05) is 208 Å². The predicted molar refractivity (Wildman–Crippen MR) is 247 cm³/mol. The van der Waals surface area contributed by atoms with E-state index in [2.05, 4.69) is 214 Å². The van der Waals surface area contributed by atoms with Crippen LogP contribution in [0.4, 0.5) is 0 Å². The highest BCUT2D eigenvalue weighted by molar-refractivity contribution is 6.07. The zero-order valence-electron chi connectivity index (χ0n) is 33.0. The minimum Gasteiger partial charge on any atom is -0.228 e. The summed E-state index contributed by atoms with van der Waals surface area (Å²) in [7, 11) is 0. The average molecular weight is 753 g/mol. The molecule has 0 bridgehead atoms. The lowest BCUT2D eigenvalue weighted by Gasteiger charge is -2.22. The third-order valence-electron chi connectivity index (χ3n) is 12.3. The Kier molecular flexibility index (Phi) is 8.20. The van der Waals surface area contributed by atoms with Crippen molar-refractivity contribution in [2.45, 2.75) is 19.3 Å². The molecule has 2 nitrogen and oxygen atoms in total. The first-order valence-corrected chi connectivity index (χ1v) is 20.4. The van der Waals surface area contributed by atoms with E-state index < -0.39 is 0 Å². The standard InChI is InChI=1S/C57H40N2/c1-57(2)51-34-30-39-17-9-10-21-45(39)55(51)50-31-29-42(35-52(50)57)44-32-33-49(47-23-13-12-22-46(44)47)54-36-53(58-56(59-54)41-18-7-4-8-19-41)48-24-14-11-20-43(48)40-27-25-38(26-28-40)37-15-5-3-6-16-37/h3-36H,1-2H3. The van der Waals surface area contributed by atoms with Gasteiger partial charge in [0.05, 0.1) is 11.4 Å². The Hall–Kier alpha value is -7.42. The molecule has 1 heterocycles. The molecule has 1 aromatic heterocycles. The van der Waals surface area contributed by atoms with Gasteiger partial charge in [0.15, 0.2) is 5.82 Å². The summed E-state index contributed by atoms with van der Waals surface area (Å²) in [6.45, 7) is 4.73. The van der Waals surface area contributed by atoms with E-state index in [4.69, 9.17) is 9.97 Å². The number of rotatable bonds is 6. The van der Waals surface area contributed by atoms with Gasteiger partial charge in [-0.2, -0.15) is 0 Å². The van der Waals surface area contributed by atoms with Gasteiger partial charge in [-0.25, -0.2) is 9.97 Å². The topological polar surface area (TPSA) is 25.8 Å². The summed E-state index contributed by atoms with van der Waals surface area (Å²) in [6.07, 6.45) is 0. The monoisotopic (exact) mass is 752 g/mol. The molecule has 0 atom stereocenters. The van der Waals surface area contributed by atoms with E-state index in [-0.39, 0.29) is 5.41 Å². The summed E-state index contributed by atoms with van der Waals surface area (Å²) < 4.78 is 0. The van der Waals surface area contributed by atoms with Crippen molar-refractivity contribution in [2.24, 2.45) is 0 Å². The lowest BCUT2D eigenvalue weighted by atomic mass is 9.81. The molecule has 0 unspecified atom stereocenters. The first-order valence-electron chi connectivity index (χ1n) is 20.4. The predicted octanol–water partition coefficient (Wildman–Crippen LogP) is 15.1. The van der Waals surface area contributed by atoms with Gasteiger partial charge >= 0.3 is 0 Å². The van der Waals surface area contributed by atoms with Crippen molar-refractivity contribution in [2.75, 3.05) is 0 Å². The van der Waals surface area contributed by atoms with Gasteiger partial charge in [0.2, 0.25) is 0 Å². The lowest BCUT2D eigenvalue weighted by Crippen LogP contribution is -2.15. The van der Waals surface area contributed by atoms with Gasteiger partial charge in [0.25, 0.3) is 0 Å². The lowest BCUT2D eigenvalue weighted by molar-refractivity contribution is 0.661. The van der Waals surface area contributed by atoms with E-state index in [0.29, 0.717) is 5.82 Å². The average Bonchev–Trinajstić information content (AvgIpc) is 3.54. The Morgan fingerprint density at radius 2 is 0.847 bits per heavy atom. The zero-order chi connectivity index (χ0) is 39.5. The highest BCUT2D eigenvalue weighted by atomic mass is 14.9. The minimum absolute atomic E-state index is 0.119. The molecule has 0 aliphatic heterocycles. The largest absolute Gasteiger partial charge is 0.228 e. The maximum absolute atomic E-state index is 5.30. The molecule has 278 valence electrons. The molecule has 1 aliphatic rings. The van der Waals surface area contributed by atoms with Gasteiger partial charge < -0.3 is 0 Å². The van der Waals surface area contributed by atoms with Crippen LogP contribution in [0.25, 0.3) is 100.0 Å². The van der Waals surface area contributed by atoms with Crippen LogP contribution in [0.1, 0.15) is 25.0 Å². The maximum atomic E-state index is 5.30. The van der Waals surface area contributed by atoms with E-state index in [1.165, 1.54) is 60.7 Å². The van der Waals surface area contributed by atoms with E-state index in [1.807, 2.05) is 6.07 Å². The fourth-order valence-electron chi connectivity index (χ4n) is 9.32. The summed E-state index contributed by atoms with van der Waals surface area (Å²) in [4.78, 5) is 10.6. The van der Waals surface area contributed by atoms with Crippen LogP contribution in [-0.4, -0.2) is 9.97 Å². The molecule has 0 saturated carbocycles. The first-order chi connectivity index (χ1) is 29.0. The van der Waals surface area contributed by atoms with Crippen LogP contribution >= 0.6 is 0 Å². The van der Waals surface area contributed by atoms with Crippen LogP contribution in [-0.2, 0) is 5.41 Å². The van der Waals surface area contributed by atoms with Crippen LogP contribution < -0.4 is 0 Å². The smallest absolute Gasteiger partial charge is 0.160 e. The van der Waals surface area contributed by atoms with Gasteiger partial charge in [0, 0.05) is 22.1 Å². The van der Waals surface area contributed by atoms with Crippen molar-refractivity contribution >= 4 is 21.5 Å². The van der Waals surface area contributed by atoms with Crippen molar-refractivity contribution in [3.63, 3.8) is 0 Å². The second-order valence-electron chi connectivity index (χ2n) is 16.1. The normalized spacial score (nSPS) is 12.7. The molecule has 11 rings (SSSR count). The van der Waals surface area contributed by atoms with Crippen molar-refractivity contribution in [3.8, 4) is 78.4 Å². The molecule has 0 spiro atoms. The SMILES string of the molecule is CC1(C)c2cc(-c3ccc(-c4cc(-c5ccccc5-c5ccc(-c6ccccc6)cc5)nc(-c5ccccc5)n4)c4ccccc34)ccc2-c2c1ccc1ccccc21. The zero-order valence-corrected chi connectivity index (χ0v) is 33.0. The Morgan fingerprint density at radius 1 is 0.322 bits per heavy atom. The third kappa shape index (κ3) is 5.87. The fourth-order valence-corrected chi connectivity index (χ4v) is 9.32. The Morgan fingerprint density at radius 3 is 1.59 bits per heavy atom.